The molecule has 1 aliphatic heterocycles. The van der Waals surface area contributed by atoms with Crippen molar-refractivity contribution in [3.63, 3.8) is 0 Å². The molecule has 0 aliphatic carbocycles. The molecular weight excluding hydrogens is 176 g/mol. The van der Waals surface area contributed by atoms with Gasteiger partial charge < -0.3 is 14.9 Å². The van der Waals surface area contributed by atoms with Crippen LogP contribution in [0.4, 0.5) is 0 Å². The fourth-order valence-electron chi connectivity index (χ4n) is 1.18. The van der Waals surface area contributed by atoms with Gasteiger partial charge in [0.15, 0.2) is 0 Å². The molecule has 0 radical (unpaired) electrons. The number of aliphatic carboxylic acids is 1. The van der Waals surface area contributed by atoms with Crippen molar-refractivity contribution in [2.45, 2.75) is 6.04 Å². The van der Waals surface area contributed by atoms with Crippen LogP contribution >= 0.6 is 0 Å². The van der Waals surface area contributed by atoms with Gasteiger partial charge in [-0.05, 0) is 0 Å². The summed E-state index contributed by atoms with van der Waals surface area (Å²) in [7, 11) is 2.72. The molecule has 0 aromatic carbocycles. The molecule has 0 unspecified atom stereocenters. The van der Waals surface area contributed by atoms with Crippen LogP contribution in [0.1, 0.15) is 0 Å². The van der Waals surface area contributed by atoms with Crippen molar-refractivity contribution < 1.29 is 19.5 Å². The minimum atomic E-state index is -1.37. The SMILES string of the molecule is CN1CC(=O)N(C)[C@@H](C(=O)O)C1=O. The molecule has 0 saturated carbocycles. The maximum Gasteiger partial charge on any atom is 0.336 e. The summed E-state index contributed by atoms with van der Waals surface area (Å²) in [6.07, 6.45) is 0. The lowest BCUT2D eigenvalue weighted by Crippen LogP contribution is -2.60. The van der Waals surface area contributed by atoms with E-state index in [1.165, 1.54) is 14.1 Å². The van der Waals surface area contributed by atoms with E-state index >= 15 is 0 Å². The minimum absolute atomic E-state index is 0.0564. The van der Waals surface area contributed by atoms with Crippen molar-refractivity contribution >= 4 is 17.8 Å². The number of piperazine rings is 1. The molecule has 1 rings (SSSR count). The second-order valence-corrected chi connectivity index (χ2v) is 2.94. The van der Waals surface area contributed by atoms with Crippen LogP contribution < -0.4 is 0 Å². The Bertz CT molecular complexity index is 276. The van der Waals surface area contributed by atoms with Gasteiger partial charge in [-0.15, -0.1) is 0 Å². The van der Waals surface area contributed by atoms with Crippen LogP contribution in [-0.2, 0) is 14.4 Å². The second kappa shape index (κ2) is 3.04. The minimum Gasteiger partial charge on any atom is -0.479 e. The van der Waals surface area contributed by atoms with Gasteiger partial charge in [0, 0.05) is 14.1 Å². The Hall–Kier alpha value is -1.59. The van der Waals surface area contributed by atoms with E-state index in [4.69, 9.17) is 5.11 Å². The summed E-state index contributed by atoms with van der Waals surface area (Å²) in [5.41, 5.74) is 0. The average Bonchev–Trinajstić information content (AvgIpc) is 2.01. The van der Waals surface area contributed by atoms with Gasteiger partial charge in [0.1, 0.15) is 0 Å². The molecule has 1 N–H and O–H groups in total. The summed E-state index contributed by atoms with van der Waals surface area (Å²) in [6.45, 7) is -0.0564. The van der Waals surface area contributed by atoms with Crippen LogP contribution in [0.2, 0.25) is 0 Å². The molecule has 6 heteroatoms. The first-order chi connectivity index (χ1) is 5.95. The summed E-state index contributed by atoms with van der Waals surface area (Å²) in [5, 5.41) is 8.67. The Kier molecular flexibility index (Phi) is 2.22. The highest BCUT2D eigenvalue weighted by molar-refractivity contribution is 6.07. The molecule has 72 valence electrons. The number of hydrogen-bond donors (Lipinski definition) is 1. The molecule has 1 fully saturated rings. The van der Waals surface area contributed by atoms with Gasteiger partial charge in [-0.3, -0.25) is 9.59 Å². The van der Waals surface area contributed by atoms with E-state index in [0.29, 0.717) is 0 Å². The number of carboxylic acids is 1. The maximum atomic E-state index is 11.3. The number of carbonyl (C=O) groups excluding carboxylic acids is 2. The third-order valence-electron chi connectivity index (χ3n) is 2.00. The standard InChI is InChI=1S/C7H10N2O4/c1-8-3-4(10)9(2)5(6(8)11)7(12)13/h5H,3H2,1-2H3,(H,12,13)/t5-/m1/s1. The highest BCUT2D eigenvalue weighted by Crippen LogP contribution is 2.08. The largest absolute Gasteiger partial charge is 0.479 e. The lowest BCUT2D eigenvalue weighted by Gasteiger charge is -2.33. The highest BCUT2D eigenvalue weighted by atomic mass is 16.4. The number of likely N-dealkylation sites (N-methyl/N-ethyl adjacent to an activating group) is 2. The molecule has 1 heterocycles. The van der Waals surface area contributed by atoms with Gasteiger partial charge in [-0.25, -0.2) is 4.79 Å². The van der Waals surface area contributed by atoms with Gasteiger partial charge in [-0.1, -0.05) is 0 Å². The summed E-state index contributed by atoms with van der Waals surface area (Å²) < 4.78 is 0. The van der Waals surface area contributed by atoms with E-state index in [0.717, 1.165) is 9.80 Å². The Morgan fingerprint density at radius 3 is 2.46 bits per heavy atom. The normalized spacial score (nSPS) is 23.7. The molecular formula is C7H10N2O4. The van der Waals surface area contributed by atoms with Crippen molar-refractivity contribution in [2.24, 2.45) is 0 Å². The Labute approximate surface area is 74.7 Å². The maximum absolute atomic E-state index is 11.3. The van der Waals surface area contributed by atoms with Crippen LogP contribution in [0, 0.1) is 0 Å². The van der Waals surface area contributed by atoms with Gasteiger partial charge in [0.2, 0.25) is 11.9 Å². The molecule has 1 aliphatic rings. The van der Waals surface area contributed by atoms with E-state index < -0.39 is 17.9 Å². The zero-order valence-corrected chi connectivity index (χ0v) is 7.35. The Morgan fingerprint density at radius 1 is 1.46 bits per heavy atom. The molecule has 1 atom stereocenters. The van der Waals surface area contributed by atoms with Crippen LogP contribution in [0.25, 0.3) is 0 Å². The van der Waals surface area contributed by atoms with E-state index in [2.05, 4.69) is 0 Å². The predicted octanol–water partition coefficient (Wildman–Crippen LogP) is -1.63. The molecule has 1 saturated heterocycles. The highest BCUT2D eigenvalue weighted by Gasteiger charge is 2.40. The monoisotopic (exact) mass is 186 g/mol. The second-order valence-electron chi connectivity index (χ2n) is 2.94. The molecule has 0 aromatic rings. The van der Waals surface area contributed by atoms with E-state index in [-0.39, 0.29) is 12.5 Å². The Morgan fingerprint density at radius 2 is 2.00 bits per heavy atom. The molecule has 0 bridgehead atoms. The molecule has 0 aromatic heterocycles. The fraction of sp³-hybridized carbons (Fsp3) is 0.571. The number of nitrogens with zero attached hydrogens (tertiary/aromatic N) is 2. The van der Waals surface area contributed by atoms with Crippen molar-refractivity contribution in [2.75, 3.05) is 20.6 Å². The van der Waals surface area contributed by atoms with Gasteiger partial charge in [0.05, 0.1) is 6.54 Å². The summed E-state index contributed by atoms with van der Waals surface area (Å²) in [4.78, 5) is 35.1. The topological polar surface area (TPSA) is 77.9 Å². The van der Waals surface area contributed by atoms with E-state index in [9.17, 15) is 14.4 Å². The average molecular weight is 186 g/mol. The van der Waals surface area contributed by atoms with Crippen molar-refractivity contribution in [3.05, 3.63) is 0 Å². The summed E-state index contributed by atoms with van der Waals surface area (Å²) in [6, 6.07) is -1.37. The molecule has 0 spiro atoms. The first kappa shape index (κ1) is 9.50. The first-order valence-electron chi connectivity index (χ1n) is 3.68. The molecule has 6 nitrogen and oxygen atoms in total. The third-order valence-corrected chi connectivity index (χ3v) is 2.00. The zero-order valence-electron chi connectivity index (χ0n) is 7.35. The first-order valence-corrected chi connectivity index (χ1v) is 3.68. The molecule has 13 heavy (non-hydrogen) atoms. The quantitative estimate of drug-likeness (QED) is 0.499. The van der Waals surface area contributed by atoms with Crippen LogP contribution in [0.15, 0.2) is 0 Å². The lowest BCUT2D eigenvalue weighted by atomic mass is 10.1. The number of carboxylic acid groups (broad SMARTS) is 1. The van der Waals surface area contributed by atoms with Crippen molar-refractivity contribution in [1.82, 2.24) is 9.80 Å². The predicted molar refractivity (Wildman–Crippen MR) is 41.8 cm³/mol. The van der Waals surface area contributed by atoms with Crippen LogP contribution in [0.3, 0.4) is 0 Å². The van der Waals surface area contributed by atoms with E-state index in [1.807, 2.05) is 0 Å². The third kappa shape index (κ3) is 1.47. The summed E-state index contributed by atoms with van der Waals surface area (Å²) in [5.74, 6) is -2.23. The van der Waals surface area contributed by atoms with Crippen molar-refractivity contribution in [3.8, 4) is 0 Å². The van der Waals surface area contributed by atoms with Crippen molar-refractivity contribution in [1.29, 1.82) is 0 Å². The van der Waals surface area contributed by atoms with Crippen LogP contribution in [0.5, 0.6) is 0 Å². The van der Waals surface area contributed by atoms with Gasteiger partial charge in [0.25, 0.3) is 5.91 Å². The summed E-state index contributed by atoms with van der Waals surface area (Å²) >= 11 is 0. The fourth-order valence-corrected chi connectivity index (χ4v) is 1.18. The number of hydrogen-bond acceptors (Lipinski definition) is 3. The van der Waals surface area contributed by atoms with E-state index in [1.54, 1.807) is 0 Å². The van der Waals surface area contributed by atoms with Gasteiger partial charge >= 0.3 is 5.97 Å². The Balaban J connectivity index is 2.95. The van der Waals surface area contributed by atoms with Gasteiger partial charge in [-0.2, -0.15) is 0 Å². The number of carbonyl (C=O) groups is 3. The number of rotatable bonds is 1. The lowest BCUT2D eigenvalue weighted by molar-refractivity contribution is -0.163. The zero-order chi connectivity index (χ0) is 10.2. The smallest absolute Gasteiger partial charge is 0.336 e. The molecule has 2 amide bonds. The van der Waals surface area contributed by atoms with Crippen LogP contribution in [-0.4, -0.2) is 59.4 Å². The number of amides is 2.